The number of benzene rings is 1. The third-order valence-corrected chi connectivity index (χ3v) is 3.73. The quantitative estimate of drug-likeness (QED) is 0.210. The molecular formula is C21H26N2NiO5-2. The fourth-order valence-electron chi connectivity index (χ4n) is 2.03. The van der Waals surface area contributed by atoms with Gasteiger partial charge in [-0.05, 0) is 18.9 Å². The summed E-state index contributed by atoms with van der Waals surface area (Å²) in [5.41, 5.74) is 1.41. The first-order valence-corrected chi connectivity index (χ1v) is 9.16. The topological polar surface area (TPSA) is 93.7 Å². The Bertz CT molecular complexity index is 719. The molecule has 0 spiro atoms. The number of esters is 1. The Balaban J connectivity index is 0.000000541. The molecule has 8 heteroatoms. The van der Waals surface area contributed by atoms with Crippen molar-refractivity contribution in [1.29, 1.82) is 0 Å². The first kappa shape index (κ1) is 26.3. The molecule has 0 saturated carbocycles. The Labute approximate surface area is 179 Å². The summed E-state index contributed by atoms with van der Waals surface area (Å²) in [6.07, 6.45) is 2.86. The van der Waals surface area contributed by atoms with E-state index in [1.165, 1.54) is 36.7 Å². The van der Waals surface area contributed by atoms with E-state index in [4.69, 9.17) is 6.58 Å². The molecule has 0 heterocycles. The van der Waals surface area contributed by atoms with Crippen molar-refractivity contribution < 1.29 is 38.9 Å². The number of allylic oxidation sites excluding steroid dienone is 2. The number of ether oxygens (including phenoxy) is 2. The van der Waals surface area contributed by atoms with Gasteiger partial charge in [0.2, 0.25) is 0 Å². The molecule has 7 nitrogen and oxygen atoms in total. The molecule has 0 saturated heterocycles. The van der Waals surface area contributed by atoms with Crippen molar-refractivity contribution in [2.75, 3.05) is 7.11 Å². The van der Waals surface area contributed by atoms with Gasteiger partial charge in [0, 0.05) is 6.04 Å². The van der Waals surface area contributed by atoms with E-state index in [0.29, 0.717) is 0 Å². The predicted molar refractivity (Wildman–Crippen MR) is 107 cm³/mol. The molecule has 0 aliphatic heterocycles. The number of nitrogens with one attached hydrogen (secondary N) is 2. The molecular weight excluding hydrogens is 419 g/mol. The number of rotatable bonds is 8. The summed E-state index contributed by atoms with van der Waals surface area (Å²) in [6, 6.07) is 9.28. The number of alkyl carbamates (subject to hydrolysis) is 1. The monoisotopic (exact) mass is 444 g/mol. The Kier molecular flexibility index (Phi) is 13.8. The van der Waals surface area contributed by atoms with Crippen molar-refractivity contribution in [1.82, 2.24) is 10.6 Å². The largest absolute Gasteiger partial charge is 0.624 e. The molecule has 1 aromatic rings. The van der Waals surface area contributed by atoms with Crippen LogP contribution in [0.2, 0.25) is 0 Å². The van der Waals surface area contributed by atoms with Crippen LogP contribution in [0.25, 0.3) is 0 Å². The summed E-state index contributed by atoms with van der Waals surface area (Å²) < 4.78 is 8.71. The maximum Gasteiger partial charge on any atom is 0.375 e. The van der Waals surface area contributed by atoms with Crippen molar-refractivity contribution in [2.24, 2.45) is 0 Å². The number of carbonyl (C=O) groups excluding carboxylic acids is 3. The van der Waals surface area contributed by atoms with Gasteiger partial charge in [0.1, 0.15) is 0 Å². The van der Waals surface area contributed by atoms with E-state index in [9.17, 15) is 14.4 Å². The molecule has 1 aromatic carbocycles. The van der Waals surface area contributed by atoms with Gasteiger partial charge < -0.3 is 10.1 Å². The van der Waals surface area contributed by atoms with E-state index >= 15 is 0 Å². The second kappa shape index (κ2) is 15.2. The van der Waals surface area contributed by atoms with Gasteiger partial charge in [-0.3, -0.25) is 0 Å². The fourth-order valence-corrected chi connectivity index (χ4v) is 2.25. The second-order valence-corrected chi connectivity index (χ2v) is 6.08. The summed E-state index contributed by atoms with van der Waals surface area (Å²) in [6.45, 7) is 8.56. The molecule has 2 N–H and O–H groups in total. The van der Waals surface area contributed by atoms with Gasteiger partial charge in [0.05, 0.1) is 0 Å². The minimum Gasteiger partial charge on any atom is -0.624 e. The first-order valence-electron chi connectivity index (χ1n) is 8.59. The maximum absolute atomic E-state index is 11.4. The standard InChI is InChI=1S/C11H14NO2.C10H12NO3.Ni/c1-9(12-11(13)14-2)8-10-6-4-3-5-7-10;1-5-6-7(2)9(12)11-8(3)10(13)14-4;/h3-7,9H,2,8H2,1H3,(H,12,13);1-2,5-6,8H,3-4H3,(H,11,12);/q2*-1;/b;7-6+;/t9-;8-;/m00./s1. The van der Waals surface area contributed by atoms with Crippen LogP contribution in [0, 0.1) is 13.7 Å². The minimum atomic E-state index is -0.719. The number of methoxy groups -OCH3 is 1. The second-order valence-electron chi connectivity index (χ2n) is 5.79. The molecule has 0 aliphatic carbocycles. The maximum atomic E-state index is 11.4. The first-order chi connectivity index (χ1) is 13.8. The molecule has 1 rings (SSSR count). The van der Waals surface area contributed by atoms with Crippen LogP contribution in [0.1, 0.15) is 19.4 Å². The zero-order valence-corrected chi connectivity index (χ0v) is 17.6. The Morgan fingerprint density at radius 1 is 1.21 bits per heavy atom. The van der Waals surface area contributed by atoms with E-state index in [1.807, 2.05) is 37.3 Å². The summed E-state index contributed by atoms with van der Waals surface area (Å²) in [5.74, 6) is -0.978. The van der Waals surface area contributed by atoms with Crippen LogP contribution in [0.4, 0.5) is 4.79 Å². The number of hydrogen-bond acceptors (Lipinski definition) is 5. The number of amides is 2. The Hall–Kier alpha value is -2.73. The van der Waals surface area contributed by atoms with Crippen molar-refractivity contribution in [3.05, 3.63) is 67.3 Å². The zero-order valence-electron chi connectivity index (χ0n) is 16.6. The molecule has 0 unspecified atom stereocenters. The molecule has 29 heavy (non-hydrogen) atoms. The molecule has 0 fully saturated rings. The van der Waals surface area contributed by atoms with Gasteiger partial charge in [-0.25, -0.2) is 4.79 Å². The average Bonchev–Trinajstić information content (AvgIpc) is 2.72. The third kappa shape index (κ3) is 11.7. The van der Waals surface area contributed by atoms with E-state index in [2.05, 4.69) is 42.2 Å². The summed E-state index contributed by atoms with van der Waals surface area (Å²) in [4.78, 5) is 34.5. The minimum absolute atomic E-state index is 0.0478. The van der Waals surface area contributed by atoms with E-state index in [1.54, 1.807) is 0 Å². The van der Waals surface area contributed by atoms with E-state index in [0.717, 1.165) is 6.42 Å². The third-order valence-electron chi connectivity index (χ3n) is 3.42. The normalized spacial score (nSPS) is 12.3. The summed E-state index contributed by atoms with van der Waals surface area (Å²) in [5, 5.41) is 5.07. The van der Waals surface area contributed by atoms with Crippen LogP contribution in [0.15, 0.2) is 48.1 Å². The van der Waals surface area contributed by atoms with Crippen LogP contribution in [0.5, 0.6) is 0 Å². The van der Waals surface area contributed by atoms with Gasteiger partial charge in [-0.15, -0.1) is 0 Å². The molecule has 162 valence electrons. The van der Waals surface area contributed by atoms with Crippen LogP contribution in [-0.2, 0) is 40.5 Å². The van der Waals surface area contributed by atoms with E-state index < -0.39 is 24.0 Å². The Morgan fingerprint density at radius 3 is 2.31 bits per heavy atom. The summed E-state index contributed by atoms with van der Waals surface area (Å²) in [7, 11) is 4.28. The molecule has 2 atom stereocenters. The van der Waals surface area contributed by atoms with Gasteiger partial charge in [-0.1, -0.05) is 30.3 Å². The average molecular weight is 445 g/mol. The number of carbonyl (C=O) groups is 3. The van der Waals surface area contributed by atoms with Crippen LogP contribution in [-0.4, -0.2) is 42.2 Å². The number of hydrogen-bond donors (Lipinski definition) is 2. The zero-order chi connectivity index (χ0) is 22.2. The predicted octanol–water partition coefficient (Wildman–Crippen LogP) is 2.06. The molecule has 0 aliphatic rings. The van der Waals surface area contributed by atoms with E-state index in [-0.39, 0.29) is 11.6 Å². The van der Waals surface area contributed by atoms with Crippen molar-refractivity contribution >= 4 is 23.0 Å². The smallest absolute Gasteiger partial charge is 0.375 e. The fraction of sp³-hybridized carbons (Fsp3) is 0.286. The van der Waals surface area contributed by atoms with Gasteiger partial charge in [0.15, 0.2) is 0 Å². The molecule has 0 aromatic heterocycles. The summed E-state index contributed by atoms with van der Waals surface area (Å²) >= 11 is 4.33. The van der Waals surface area contributed by atoms with Crippen molar-refractivity contribution in [2.45, 2.75) is 32.4 Å². The molecule has 2 amide bonds. The SMILES string of the molecule is [CH-]=C/C=C(\[CH]=[Ni])C(=O)N[C@@H](C)C(=O)OC.[CH2-]OC(=O)N[C@@H](C)Cc1ccccc1. The van der Waals surface area contributed by atoms with Crippen molar-refractivity contribution in [3.8, 4) is 0 Å². The van der Waals surface area contributed by atoms with Gasteiger partial charge in [0.25, 0.3) is 0 Å². The molecule has 0 bridgehead atoms. The van der Waals surface area contributed by atoms with Crippen LogP contribution >= 0.6 is 0 Å². The van der Waals surface area contributed by atoms with Gasteiger partial charge >= 0.3 is 102 Å². The molecule has 0 radical (unpaired) electrons. The van der Waals surface area contributed by atoms with Crippen LogP contribution < -0.4 is 10.6 Å². The van der Waals surface area contributed by atoms with Crippen molar-refractivity contribution in [3.63, 3.8) is 0 Å². The van der Waals surface area contributed by atoms with Crippen LogP contribution in [0.3, 0.4) is 0 Å². The Morgan fingerprint density at radius 2 is 1.83 bits per heavy atom. The van der Waals surface area contributed by atoms with Gasteiger partial charge in [-0.2, -0.15) is 7.11 Å².